The zero-order chi connectivity index (χ0) is 12.8. The molecule has 5 heteroatoms. The number of rotatable bonds is 6. The van der Waals surface area contributed by atoms with E-state index in [0.29, 0.717) is 6.54 Å². The number of nitrogens with one attached hydrogen (secondary N) is 1. The van der Waals surface area contributed by atoms with Crippen LogP contribution in [0.25, 0.3) is 0 Å². The fraction of sp³-hybridized carbons (Fsp3) is 0.583. The molecule has 17 heavy (non-hydrogen) atoms. The number of nitrogens with zero attached hydrogens (tertiary/aromatic N) is 2. The van der Waals surface area contributed by atoms with Gasteiger partial charge >= 0.3 is 5.97 Å². The van der Waals surface area contributed by atoms with Crippen LogP contribution in [0.2, 0.25) is 0 Å². The van der Waals surface area contributed by atoms with E-state index in [0.717, 1.165) is 17.8 Å². The predicted octanol–water partition coefficient (Wildman–Crippen LogP) is 1.24. The molecular formula is C12H19N3O2. The van der Waals surface area contributed by atoms with E-state index < -0.39 is 12.0 Å². The molecule has 1 aromatic heterocycles. The summed E-state index contributed by atoms with van der Waals surface area (Å²) in [6, 6.07) is -0.541. The van der Waals surface area contributed by atoms with Crippen molar-refractivity contribution in [3.05, 3.63) is 23.8 Å². The van der Waals surface area contributed by atoms with Gasteiger partial charge in [-0.05, 0) is 5.92 Å². The van der Waals surface area contributed by atoms with Crippen LogP contribution in [0.1, 0.15) is 32.2 Å². The molecule has 0 radical (unpaired) electrons. The van der Waals surface area contributed by atoms with Crippen molar-refractivity contribution in [2.24, 2.45) is 5.92 Å². The van der Waals surface area contributed by atoms with Gasteiger partial charge in [-0.15, -0.1) is 0 Å². The van der Waals surface area contributed by atoms with Gasteiger partial charge in [0, 0.05) is 30.9 Å². The van der Waals surface area contributed by atoms with E-state index in [1.54, 1.807) is 12.4 Å². The molecule has 0 bridgehead atoms. The first kappa shape index (κ1) is 13.6. The van der Waals surface area contributed by atoms with Crippen molar-refractivity contribution in [3.8, 4) is 0 Å². The Morgan fingerprint density at radius 3 is 2.41 bits per heavy atom. The summed E-state index contributed by atoms with van der Waals surface area (Å²) < 4.78 is 0. The zero-order valence-corrected chi connectivity index (χ0v) is 10.5. The minimum atomic E-state index is -0.828. The Morgan fingerprint density at radius 2 is 2.00 bits per heavy atom. The van der Waals surface area contributed by atoms with Crippen LogP contribution in [0.15, 0.2) is 12.4 Å². The highest BCUT2D eigenvalue weighted by Crippen LogP contribution is 2.04. The molecule has 1 aromatic rings. The predicted molar refractivity (Wildman–Crippen MR) is 64.5 cm³/mol. The van der Waals surface area contributed by atoms with E-state index in [2.05, 4.69) is 15.3 Å². The highest BCUT2D eigenvalue weighted by atomic mass is 16.4. The van der Waals surface area contributed by atoms with Crippen molar-refractivity contribution < 1.29 is 9.90 Å². The first-order valence-electron chi connectivity index (χ1n) is 5.80. The van der Waals surface area contributed by atoms with Gasteiger partial charge in [0.25, 0.3) is 0 Å². The lowest BCUT2D eigenvalue weighted by Crippen LogP contribution is -2.40. The van der Waals surface area contributed by atoms with Gasteiger partial charge in [0.2, 0.25) is 0 Å². The van der Waals surface area contributed by atoms with Crippen molar-refractivity contribution >= 4 is 5.97 Å². The van der Waals surface area contributed by atoms with Gasteiger partial charge in [0.1, 0.15) is 11.9 Å². The molecule has 0 aliphatic rings. The lowest BCUT2D eigenvalue weighted by atomic mass is 10.0. The summed E-state index contributed by atoms with van der Waals surface area (Å²) >= 11 is 0. The fourth-order valence-corrected chi connectivity index (χ4v) is 1.49. The van der Waals surface area contributed by atoms with Gasteiger partial charge < -0.3 is 5.11 Å². The monoisotopic (exact) mass is 237 g/mol. The number of carboxylic acid groups (broad SMARTS) is 1. The first-order chi connectivity index (χ1) is 8.04. The standard InChI is InChI=1S/C12H19N3O2/c1-4-10-13-5-9(6-14-10)7-15-11(8(2)3)12(16)17/h5-6,8,11,15H,4,7H2,1-3H3,(H,16,17)/t11-/m1/s1. The highest BCUT2D eigenvalue weighted by Gasteiger charge is 2.20. The molecule has 0 aliphatic heterocycles. The number of aromatic nitrogens is 2. The third-order valence-corrected chi connectivity index (χ3v) is 2.53. The average Bonchev–Trinajstić information content (AvgIpc) is 2.29. The van der Waals surface area contributed by atoms with E-state index in [4.69, 9.17) is 5.11 Å². The molecule has 1 rings (SSSR count). The second-order valence-electron chi connectivity index (χ2n) is 4.30. The van der Waals surface area contributed by atoms with E-state index in [-0.39, 0.29) is 5.92 Å². The summed E-state index contributed by atoms with van der Waals surface area (Å²) in [6.45, 7) is 6.22. The highest BCUT2D eigenvalue weighted by molar-refractivity contribution is 5.73. The van der Waals surface area contributed by atoms with Gasteiger partial charge in [0.15, 0.2) is 0 Å². The van der Waals surface area contributed by atoms with Crippen molar-refractivity contribution in [1.29, 1.82) is 0 Å². The van der Waals surface area contributed by atoms with Crippen molar-refractivity contribution in [1.82, 2.24) is 15.3 Å². The summed E-state index contributed by atoms with van der Waals surface area (Å²) in [5.41, 5.74) is 0.897. The Balaban J connectivity index is 2.56. The maximum Gasteiger partial charge on any atom is 0.320 e. The van der Waals surface area contributed by atoms with Crippen LogP contribution in [-0.4, -0.2) is 27.1 Å². The van der Waals surface area contributed by atoms with Crippen LogP contribution < -0.4 is 5.32 Å². The average molecular weight is 237 g/mol. The number of hydrogen-bond acceptors (Lipinski definition) is 4. The van der Waals surface area contributed by atoms with Gasteiger partial charge in [-0.2, -0.15) is 0 Å². The van der Waals surface area contributed by atoms with Gasteiger partial charge in [-0.25, -0.2) is 9.97 Å². The minimum absolute atomic E-state index is 0.0448. The molecule has 0 unspecified atom stereocenters. The molecule has 1 heterocycles. The van der Waals surface area contributed by atoms with Crippen LogP contribution in [0.5, 0.6) is 0 Å². The topological polar surface area (TPSA) is 75.1 Å². The second-order valence-corrected chi connectivity index (χ2v) is 4.30. The van der Waals surface area contributed by atoms with Crippen LogP contribution in [0.4, 0.5) is 0 Å². The Kier molecular flexibility index (Phi) is 5.03. The molecule has 5 nitrogen and oxygen atoms in total. The van der Waals surface area contributed by atoms with Crippen molar-refractivity contribution in [2.75, 3.05) is 0 Å². The van der Waals surface area contributed by atoms with Crippen LogP contribution >= 0.6 is 0 Å². The zero-order valence-electron chi connectivity index (χ0n) is 10.5. The number of aliphatic carboxylic acids is 1. The summed E-state index contributed by atoms with van der Waals surface area (Å²) in [6.07, 6.45) is 4.27. The Morgan fingerprint density at radius 1 is 1.41 bits per heavy atom. The number of carbonyl (C=O) groups is 1. The fourth-order valence-electron chi connectivity index (χ4n) is 1.49. The van der Waals surface area contributed by atoms with Crippen LogP contribution in [0.3, 0.4) is 0 Å². The molecule has 0 aromatic carbocycles. The van der Waals surface area contributed by atoms with E-state index >= 15 is 0 Å². The van der Waals surface area contributed by atoms with Crippen molar-refractivity contribution in [3.63, 3.8) is 0 Å². The third-order valence-electron chi connectivity index (χ3n) is 2.53. The smallest absolute Gasteiger partial charge is 0.320 e. The lowest BCUT2D eigenvalue weighted by Gasteiger charge is -2.17. The molecule has 0 saturated heterocycles. The molecule has 0 fully saturated rings. The molecule has 94 valence electrons. The quantitative estimate of drug-likeness (QED) is 0.778. The van der Waals surface area contributed by atoms with Crippen molar-refractivity contribution in [2.45, 2.75) is 39.8 Å². The maximum absolute atomic E-state index is 11.0. The van der Waals surface area contributed by atoms with Gasteiger partial charge in [0.05, 0.1) is 0 Å². The summed E-state index contributed by atoms with van der Waals surface area (Å²) in [7, 11) is 0. The summed E-state index contributed by atoms with van der Waals surface area (Å²) in [5.74, 6) is 0.0156. The first-order valence-corrected chi connectivity index (χ1v) is 5.80. The van der Waals surface area contributed by atoms with E-state index in [1.807, 2.05) is 20.8 Å². The third kappa shape index (κ3) is 4.11. The molecule has 1 atom stereocenters. The largest absolute Gasteiger partial charge is 0.480 e. The SMILES string of the molecule is CCc1ncc(CN[C@@H](C(=O)O)C(C)C)cn1. The molecule has 0 aliphatic carbocycles. The number of aryl methyl sites for hydroxylation is 1. The van der Waals surface area contributed by atoms with Gasteiger partial charge in [-0.3, -0.25) is 10.1 Å². The number of carboxylic acids is 1. The maximum atomic E-state index is 11.0. The summed E-state index contributed by atoms with van der Waals surface area (Å²) in [5, 5.41) is 12.0. The minimum Gasteiger partial charge on any atom is -0.480 e. The lowest BCUT2D eigenvalue weighted by molar-refractivity contribution is -0.140. The van der Waals surface area contributed by atoms with Crippen LogP contribution in [0, 0.1) is 5.92 Å². The molecule has 0 spiro atoms. The Bertz CT molecular complexity index is 363. The normalized spacial score (nSPS) is 12.7. The van der Waals surface area contributed by atoms with Gasteiger partial charge in [-0.1, -0.05) is 20.8 Å². The Hall–Kier alpha value is -1.49. The van der Waals surface area contributed by atoms with E-state index in [9.17, 15) is 4.79 Å². The van der Waals surface area contributed by atoms with Crippen LogP contribution in [-0.2, 0) is 17.8 Å². The molecule has 0 saturated carbocycles. The van der Waals surface area contributed by atoms with E-state index in [1.165, 1.54) is 0 Å². The summed E-state index contributed by atoms with van der Waals surface area (Å²) in [4.78, 5) is 19.3. The number of hydrogen-bond donors (Lipinski definition) is 2. The molecule has 2 N–H and O–H groups in total. The molecular weight excluding hydrogens is 218 g/mol. The molecule has 0 amide bonds. The Labute approximate surface area is 101 Å². The second kappa shape index (κ2) is 6.30.